The predicted octanol–water partition coefficient (Wildman–Crippen LogP) is 1.16. The Hall–Kier alpha value is -2.05. The van der Waals surface area contributed by atoms with E-state index in [-0.39, 0.29) is 12.6 Å². The minimum absolute atomic E-state index is 0.164. The highest BCUT2D eigenvalue weighted by atomic mass is 16.5. The Morgan fingerprint density at radius 1 is 1.38 bits per heavy atom. The number of carbonyl (C=O) groups excluding carboxylic acids is 1. The van der Waals surface area contributed by atoms with Gasteiger partial charge in [0.05, 0.1) is 12.7 Å². The molecule has 0 bridgehead atoms. The number of methoxy groups -OCH3 is 1. The number of nitrogens with one attached hydrogen (secondary N) is 2. The number of nitrogens with zero attached hydrogens (tertiary/aromatic N) is 1. The molecule has 0 unspecified atom stereocenters. The first-order chi connectivity index (χ1) is 10.1. The summed E-state index contributed by atoms with van der Waals surface area (Å²) in [5.74, 6) is 0. The second kappa shape index (κ2) is 7.10. The van der Waals surface area contributed by atoms with Crippen LogP contribution in [0.25, 0.3) is 10.9 Å². The number of hydrogen-bond acceptors (Lipinski definition) is 3. The molecule has 1 heterocycles. The third-order valence-electron chi connectivity index (χ3n) is 3.34. The zero-order chi connectivity index (χ0) is 15.2. The second-order valence-corrected chi connectivity index (χ2v) is 4.89. The second-order valence-electron chi connectivity index (χ2n) is 4.89. The number of aliphatic hydroxyl groups excluding tert-OH is 1. The fourth-order valence-corrected chi connectivity index (χ4v) is 2.14. The number of aromatic nitrogens is 1. The Bertz CT molecular complexity index is 609. The van der Waals surface area contributed by atoms with E-state index in [1.807, 2.05) is 42.1 Å². The summed E-state index contributed by atoms with van der Waals surface area (Å²) in [5.41, 5.74) is 1.89. The van der Waals surface area contributed by atoms with Gasteiger partial charge in [0.2, 0.25) is 0 Å². The van der Waals surface area contributed by atoms with E-state index in [4.69, 9.17) is 4.74 Å². The molecule has 1 aromatic heterocycles. The summed E-state index contributed by atoms with van der Waals surface area (Å²) >= 11 is 0. The van der Waals surface area contributed by atoms with Gasteiger partial charge >= 0.3 is 6.03 Å². The van der Waals surface area contributed by atoms with Crippen LogP contribution in [0.1, 0.15) is 11.7 Å². The van der Waals surface area contributed by atoms with Crippen molar-refractivity contribution in [2.45, 2.75) is 6.10 Å². The Morgan fingerprint density at radius 3 is 2.95 bits per heavy atom. The highest BCUT2D eigenvalue weighted by Gasteiger charge is 2.10. The van der Waals surface area contributed by atoms with E-state index in [0.717, 1.165) is 16.5 Å². The van der Waals surface area contributed by atoms with Gasteiger partial charge in [0.25, 0.3) is 0 Å². The molecular formula is C15H21N3O3. The number of fused-ring (bicyclic) bond motifs is 1. The highest BCUT2D eigenvalue weighted by molar-refractivity contribution is 5.81. The fraction of sp³-hybridized carbons (Fsp3) is 0.400. The van der Waals surface area contributed by atoms with Crippen LogP contribution in [0.4, 0.5) is 4.79 Å². The van der Waals surface area contributed by atoms with Crippen molar-refractivity contribution >= 4 is 16.9 Å². The quantitative estimate of drug-likeness (QED) is 0.699. The van der Waals surface area contributed by atoms with Crippen LogP contribution in [0.2, 0.25) is 0 Å². The van der Waals surface area contributed by atoms with Gasteiger partial charge in [-0.3, -0.25) is 0 Å². The average molecular weight is 291 g/mol. The summed E-state index contributed by atoms with van der Waals surface area (Å²) in [4.78, 5) is 11.5. The van der Waals surface area contributed by atoms with Gasteiger partial charge in [-0.05, 0) is 29.1 Å². The van der Waals surface area contributed by atoms with E-state index >= 15 is 0 Å². The average Bonchev–Trinajstić information content (AvgIpc) is 2.86. The van der Waals surface area contributed by atoms with E-state index in [9.17, 15) is 9.90 Å². The number of aliphatic hydroxyl groups is 1. The predicted molar refractivity (Wildman–Crippen MR) is 81.2 cm³/mol. The molecule has 6 heteroatoms. The molecule has 0 saturated carbocycles. The van der Waals surface area contributed by atoms with E-state index < -0.39 is 6.10 Å². The van der Waals surface area contributed by atoms with Gasteiger partial charge in [0, 0.05) is 39.0 Å². The van der Waals surface area contributed by atoms with Crippen LogP contribution in [0.5, 0.6) is 0 Å². The Labute approximate surface area is 123 Å². The monoisotopic (exact) mass is 291 g/mol. The SMILES string of the molecule is COCCNC(=O)NC[C@H](O)c1ccc2c(ccn2C)c1. The Kier molecular flexibility index (Phi) is 5.19. The minimum Gasteiger partial charge on any atom is -0.387 e. The smallest absolute Gasteiger partial charge is 0.314 e. The van der Waals surface area contributed by atoms with Gasteiger partial charge in [-0.25, -0.2) is 4.79 Å². The number of hydrogen-bond donors (Lipinski definition) is 3. The molecule has 0 radical (unpaired) electrons. The lowest BCUT2D eigenvalue weighted by Gasteiger charge is -2.13. The van der Waals surface area contributed by atoms with Crippen LogP contribution in [0, 0.1) is 0 Å². The van der Waals surface area contributed by atoms with Crippen molar-refractivity contribution in [3.63, 3.8) is 0 Å². The molecule has 2 amide bonds. The van der Waals surface area contributed by atoms with Crippen LogP contribution in [-0.4, -0.2) is 42.5 Å². The van der Waals surface area contributed by atoms with Crippen molar-refractivity contribution in [2.24, 2.45) is 7.05 Å². The summed E-state index contributed by atoms with van der Waals surface area (Å²) in [6.45, 7) is 1.06. The van der Waals surface area contributed by atoms with Crippen LogP contribution < -0.4 is 10.6 Å². The zero-order valence-electron chi connectivity index (χ0n) is 12.3. The molecule has 21 heavy (non-hydrogen) atoms. The molecule has 0 fully saturated rings. The first kappa shape index (κ1) is 15.3. The number of urea groups is 1. The Morgan fingerprint density at radius 2 is 2.19 bits per heavy atom. The molecule has 0 aliphatic heterocycles. The molecule has 0 spiro atoms. The van der Waals surface area contributed by atoms with Gasteiger partial charge in [0.1, 0.15) is 0 Å². The summed E-state index contributed by atoms with van der Waals surface area (Å²) in [6, 6.07) is 7.46. The summed E-state index contributed by atoms with van der Waals surface area (Å²) < 4.78 is 6.86. The molecule has 1 atom stereocenters. The standard InChI is InChI=1S/C15H21N3O3/c1-18-7-5-11-9-12(3-4-13(11)18)14(19)10-17-15(20)16-6-8-21-2/h3-5,7,9,14,19H,6,8,10H2,1-2H3,(H2,16,17,20)/t14-/m0/s1. The molecule has 3 N–H and O–H groups in total. The third kappa shape index (κ3) is 3.96. The summed E-state index contributed by atoms with van der Waals surface area (Å²) in [6.07, 6.45) is 1.24. The first-order valence-electron chi connectivity index (χ1n) is 6.85. The van der Waals surface area contributed by atoms with Crippen molar-refractivity contribution in [2.75, 3.05) is 26.8 Å². The number of ether oxygens (including phenoxy) is 1. The number of rotatable bonds is 6. The molecule has 0 saturated heterocycles. The van der Waals surface area contributed by atoms with E-state index in [1.165, 1.54) is 0 Å². The Balaban J connectivity index is 1.89. The van der Waals surface area contributed by atoms with Crippen molar-refractivity contribution in [3.05, 3.63) is 36.0 Å². The molecule has 6 nitrogen and oxygen atoms in total. The molecule has 1 aromatic carbocycles. The highest BCUT2D eigenvalue weighted by Crippen LogP contribution is 2.20. The maximum Gasteiger partial charge on any atom is 0.314 e. The van der Waals surface area contributed by atoms with E-state index in [0.29, 0.717) is 13.2 Å². The van der Waals surface area contributed by atoms with Crippen LogP contribution in [0.15, 0.2) is 30.5 Å². The lowest BCUT2D eigenvalue weighted by Crippen LogP contribution is -2.39. The third-order valence-corrected chi connectivity index (χ3v) is 3.34. The van der Waals surface area contributed by atoms with Gasteiger partial charge in [-0.2, -0.15) is 0 Å². The maximum absolute atomic E-state index is 11.5. The molecular weight excluding hydrogens is 270 g/mol. The lowest BCUT2D eigenvalue weighted by atomic mass is 10.1. The van der Waals surface area contributed by atoms with Gasteiger partial charge in [-0.15, -0.1) is 0 Å². The van der Waals surface area contributed by atoms with Crippen molar-refractivity contribution in [3.8, 4) is 0 Å². The van der Waals surface area contributed by atoms with Crippen LogP contribution >= 0.6 is 0 Å². The first-order valence-corrected chi connectivity index (χ1v) is 6.85. The fourth-order valence-electron chi connectivity index (χ4n) is 2.14. The van der Waals surface area contributed by atoms with Crippen molar-refractivity contribution in [1.82, 2.24) is 15.2 Å². The van der Waals surface area contributed by atoms with Crippen molar-refractivity contribution in [1.29, 1.82) is 0 Å². The van der Waals surface area contributed by atoms with Gasteiger partial charge < -0.3 is 25.0 Å². The van der Waals surface area contributed by atoms with E-state index in [1.54, 1.807) is 7.11 Å². The zero-order valence-corrected chi connectivity index (χ0v) is 12.3. The van der Waals surface area contributed by atoms with Crippen LogP contribution in [0.3, 0.4) is 0 Å². The summed E-state index contributed by atoms with van der Waals surface area (Å²) in [7, 11) is 3.55. The van der Waals surface area contributed by atoms with Crippen LogP contribution in [-0.2, 0) is 11.8 Å². The number of carbonyl (C=O) groups is 1. The lowest BCUT2D eigenvalue weighted by molar-refractivity contribution is 0.171. The number of amides is 2. The molecule has 114 valence electrons. The molecule has 0 aliphatic carbocycles. The largest absolute Gasteiger partial charge is 0.387 e. The molecule has 0 aliphatic rings. The maximum atomic E-state index is 11.5. The van der Waals surface area contributed by atoms with E-state index in [2.05, 4.69) is 10.6 Å². The number of benzene rings is 1. The minimum atomic E-state index is -0.734. The number of aryl methyl sites for hydroxylation is 1. The van der Waals surface area contributed by atoms with Crippen molar-refractivity contribution < 1.29 is 14.6 Å². The summed E-state index contributed by atoms with van der Waals surface area (Å²) in [5, 5.41) is 16.5. The van der Waals surface area contributed by atoms with Gasteiger partial charge in [0.15, 0.2) is 0 Å². The molecule has 2 aromatic rings. The topological polar surface area (TPSA) is 75.5 Å². The van der Waals surface area contributed by atoms with Gasteiger partial charge in [-0.1, -0.05) is 6.07 Å². The molecule has 2 rings (SSSR count). The normalized spacial score (nSPS) is 12.3.